The van der Waals surface area contributed by atoms with Gasteiger partial charge in [-0.3, -0.25) is 4.79 Å². The molecule has 7 heteroatoms. The Bertz CT molecular complexity index is 717. The second kappa shape index (κ2) is 7.33. The van der Waals surface area contributed by atoms with Crippen LogP contribution < -0.4 is 4.74 Å². The van der Waals surface area contributed by atoms with Crippen LogP contribution in [-0.2, 0) is 21.1 Å². The fourth-order valence-corrected chi connectivity index (χ4v) is 5.98. The Kier molecular flexibility index (Phi) is 5.34. The van der Waals surface area contributed by atoms with E-state index in [9.17, 15) is 13.2 Å². The summed E-state index contributed by atoms with van der Waals surface area (Å²) in [5, 5.41) is -0.343. The molecule has 2 saturated heterocycles. The van der Waals surface area contributed by atoms with Crippen molar-refractivity contribution in [1.29, 1.82) is 0 Å². The van der Waals surface area contributed by atoms with Gasteiger partial charge in [0.15, 0.2) is 9.84 Å². The van der Waals surface area contributed by atoms with Gasteiger partial charge in [-0.1, -0.05) is 12.1 Å². The Morgan fingerprint density at radius 3 is 2.52 bits per heavy atom. The summed E-state index contributed by atoms with van der Waals surface area (Å²) in [4.78, 5) is 16.6. The maximum Gasteiger partial charge on any atom is 0.226 e. The molecular formula is C18H26N2O4S. The van der Waals surface area contributed by atoms with E-state index in [-0.39, 0.29) is 23.0 Å². The van der Waals surface area contributed by atoms with Crippen molar-refractivity contribution in [3.63, 3.8) is 0 Å². The number of rotatable bonds is 3. The third-order valence-electron chi connectivity index (χ3n) is 5.43. The number of likely N-dealkylation sites (tertiary alicyclic amines) is 1. The lowest BCUT2D eigenvalue weighted by atomic mass is 10.1. The highest BCUT2D eigenvalue weighted by molar-refractivity contribution is 7.92. The zero-order valence-electron chi connectivity index (χ0n) is 14.8. The number of hydrogen-bond acceptors (Lipinski definition) is 5. The highest BCUT2D eigenvalue weighted by Crippen LogP contribution is 2.27. The molecule has 0 aliphatic carbocycles. The normalized spacial score (nSPS) is 26.6. The Hall–Kier alpha value is -1.60. The maximum atomic E-state index is 12.7. The van der Waals surface area contributed by atoms with E-state index < -0.39 is 9.84 Å². The third-order valence-corrected chi connectivity index (χ3v) is 7.65. The number of benzene rings is 1. The first kappa shape index (κ1) is 18.2. The van der Waals surface area contributed by atoms with Crippen LogP contribution >= 0.6 is 0 Å². The Morgan fingerprint density at radius 1 is 1.16 bits per heavy atom. The van der Waals surface area contributed by atoms with E-state index in [0.717, 1.165) is 17.7 Å². The fourth-order valence-electron chi connectivity index (χ4n) is 3.85. The van der Waals surface area contributed by atoms with Crippen LogP contribution in [0.2, 0.25) is 0 Å². The summed E-state index contributed by atoms with van der Waals surface area (Å²) in [7, 11) is 0.551. The molecular weight excluding hydrogens is 340 g/mol. The highest BCUT2D eigenvalue weighted by Gasteiger charge is 2.41. The molecule has 1 aromatic rings. The van der Waals surface area contributed by atoms with Gasteiger partial charge in [-0.15, -0.1) is 0 Å². The summed E-state index contributed by atoms with van der Waals surface area (Å²) in [6, 6.07) is 7.51. The van der Waals surface area contributed by atoms with Crippen molar-refractivity contribution >= 4 is 15.7 Å². The third kappa shape index (κ3) is 3.98. The minimum Gasteiger partial charge on any atom is -0.497 e. The fraction of sp³-hybridized carbons (Fsp3) is 0.611. The number of nitrogens with zero attached hydrogens (tertiary/aromatic N) is 2. The van der Waals surface area contributed by atoms with Crippen molar-refractivity contribution in [3.8, 4) is 5.75 Å². The van der Waals surface area contributed by atoms with Gasteiger partial charge in [0, 0.05) is 25.7 Å². The monoisotopic (exact) mass is 366 g/mol. The number of methoxy groups -OCH3 is 1. The predicted molar refractivity (Wildman–Crippen MR) is 96.5 cm³/mol. The smallest absolute Gasteiger partial charge is 0.226 e. The van der Waals surface area contributed by atoms with Crippen LogP contribution in [0.1, 0.15) is 18.4 Å². The van der Waals surface area contributed by atoms with Gasteiger partial charge >= 0.3 is 0 Å². The molecule has 0 aromatic heterocycles. The summed E-state index contributed by atoms with van der Waals surface area (Å²) in [5.41, 5.74) is 0.942. The largest absolute Gasteiger partial charge is 0.497 e. The van der Waals surface area contributed by atoms with Gasteiger partial charge in [-0.25, -0.2) is 8.42 Å². The van der Waals surface area contributed by atoms with Gasteiger partial charge < -0.3 is 14.5 Å². The van der Waals surface area contributed by atoms with Crippen LogP contribution in [0.25, 0.3) is 0 Å². The van der Waals surface area contributed by atoms with Gasteiger partial charge in [0.2, 0.25) is 5.91 Å². The number of amides is 1. The van der Waals surface area contributed by atoms with E-state index in [2.05, 4.69) is 4.90 Å². The number of hydrogen-bond donors (Lipinski definition) is 0. The van der Waals surface area contributed by atoms with Gasteiger partial charge in [0.25, 0.3) is 0 Å². The molecule has 2 aliphatic heterocycles. The van der Waals surface area contributed by atoms with Crippen LogP contribution in [0.3, 0.4) is 0 Å². The molecule has 2 aliphatic rings. The molecule has 0 radical (unpaired) electrons. The van der Waals surface area contributed by atoms with Gasteiger partial charge in [0.1, 0.15) is 5.75 Å². The molecule has 2 heterocycles. The van der Waals surface area contributed by atoms with Crippen molar-refractivity contribution in [2.45, 2.75) is 30.6 Å². The van der Waals surface area contributed by atoms with Gasteiger partial charge in [0.05, 0.1) is 24.5 Å². The number of carbonyl (C=O) groups excluding carboxylic acids is 1. The topological polar surface area (TPSA) is 66.9 Å². The first-order chi connectivity index (χ1) is 11.9. The van der Waals surface area contributed by atoms with E-state index in [1.165, 1.54) is 0 Å². The average Bonchev–Trinajstić information content (AvgIpc) is 2.83. The highest BCUT2D eigenvalue weighted by atomic mass is 32.2. The molecule has 0 saturated carbocycles. The lowest BCUT2D eigenvalue weighted by Crippen LogP contribution is -2.52. The second-order valence-electron chi connectivity index (χ2n) is 6.94. The lowest BCUT2D eigenvalue weighted by Gasteiger charge is -2.37. The minimum absolute atomic E-state index is 0.0255. The van der Waals surface area contributed by atoms with Crippen LogP contribution in [0.15, 0.2) is 24.3 Å². The Labute approximate surface area is 149 Å². The second-order valence-corrected chi connectivity index (χ2v) is 9.28. The van der Waals surface area contributed by atoms with Crippen molar-refractivity contribution in [2.24, 2.45) is 0 Å². The minimum atomic E-state index is -3.05. The molecule has 25 heavy (non-hydrogen) atoms. The van der Waals surface area contributed by atoms with Crippen LogP contribution in [0.5, 0.6) is 5.75 Å². The molecule has 1 amide bonds. The van der Waals surface area contributed by atoms with Crippen LogP contribution in [0.4, 0.5) is 0 Å². The Balaban J connectivity index is 1.66. The molecule has 0 unspecified atom stereocenters. The van der Waals surface area contributed by atoms with Gasteiger partial charge in [-0.05, 0) is 37.6 Å². The van der Waals surface area contributed by atoms with E-state index >= 15 is 0 Å². The molecule has 0 N–H and O–H groups in total. The van der Waals surface area contributed by atoms with E-state index in [1.54, 1.807) is 7.11 Å². The van der Waals surface area contributed by atoms with E-state index in [0.29, 0.717) is 32.5 Å². The maximum absolute atomic E-state index is 12.7. The first-order valence-electron chi connectivity index (χ1n) is 8.73. The van der Waals surface area contributed by atoms with E-state index in [1.807, 2.05) is 36.2 Å². The first-order valence-corrected chi connectivity index (χ1v) is 10.4. The number of sulfone groups is 1. The summed E-state index contributed by atoms with van der Waals surface area (Å²) in [5.74, 6) is 1.05. The standard InChI is InChI=1S/C18H26N2O4S/c1-19-11-12-25(22,23)17-8-10-20(9-7-16(17)19)18(21)13-14-3-5-15(24-2)6-4-14/h3-6,16-17H,7-13H2,1-2H3/t16-,17+/m0/s1. The van der Waals surface area contributed by atoms with Crippen molar-refractivity contribution in [3.05, 3.63) is 29.8 Å². The van der Waals surface area contributed by atoms with Crippen LogP contribution in [0, 0.1) is 0 Å². The van der Waals surface area contributed by atoms with E-state index in [4.69, 9.17) is 4.74 Å². The summed E-state index contributed by atoms with van der Waals surface area (Å²) in [6.07, 6.45) is 1.59. The SMILES string of the molecule is COc1ccc(CC(=O)N2CC[C@@H]3[C@H](CC2)N(C)CCS3(=O)=O)cc1. The molecule has 0 spiro atoms. The van der Waals surface area contributed by atoms with Crippen LogP contribution in [-0.4, -0.2) is 75.0 Å². The average molecular weight is 366 g/mol. The molecule has 2 atom stereocenters. The summed E-state index contributed by atoms with van der Waals surface area (Å²) in [6.45, 7) is 1.72. The lowest BCUT2D eigenvalue weighted by molar-refractivity contribution is -0.130. The molecule has 138 valence electrons. The van der Waals surface area contributed by atoms with Crippen molar-refractivity contribution in [1.82, 2.24) is 9.80 Å². The zero-order valence-corrected chi connectivity index (χ0v) is 15.7. The molecule has 2 fully saturated rings. The van der Waals surface area contributed by atoms with Crippen molar-refractivity contribution < 1.29 is 17.9 Å². The molecule has 3 rings (SSSR count). The zero-order chi connectivity index (χ0) is 18.0. The quantitative estimate of drug-likeness (QED) is 0.797. The molecule has 1 aromatic carbocycles. The molecule has 6 nitrogen and oxygen atoms in total. The Morgan fingerprint density at radius 2 is 1.84 bits per heavy atom. The van der Waals surface area contributed by atoms with Gasteiger partial charge in [-0.2, -0.15) is 0 Å². The number of ether oxygens (including phenoxy) is 1. The number of carbonyl (C=O) groups is 1. The summed E-state index contributed by atoms with van der Waals surface area (Å²) < 4.78 is 29.9. The predicted octanol–water partition coefficient (Wildman–Crippen LogP) is 0.958. The summed E-state index contributed by atoms with van der Waals surface area (Å²) >= 11 is 0. The van der Waals surface area contributed by atoms with Crippen molar-refractivity contribution in [2.75, 3.05) is 39.5 Å². The molecule has 0 bridgehead atoms. The number of fused-ring (bicyclic) bond motifs is 1.